The van der Waals surface area contributed by atoms with Gasteiger partial charge >= 0.3 is 7.60 Å². The van der Waals surface area contributed by atoms with Crippen molar-refractivity contribution in [3.05, 3.63) is 12.2 Å². The zero-order valence-corrected chi connectivity index (χ0v) is 24.0. The first-order valence-electron chi connectivity index (χ1n) is 14.3. The molecule has 0 bridgehead atoms. The van der Waals surface area contributed by atoms with Crippen LogP contribution in [0.2, 0.25) is 0 Å². The topological polar surface area (TPSA) is 77.8 Å². The Kier molecular flexibility index (Phi) is 19.8. The summed E-state index contributed by atoms with van der Waals surface area (Å²) in [6.07, 6.45) is 28.7. The van der Waals surface area contributed by atoms with Gasteiger partial charge in [-0.25, -0.2) is 0 Å². The number of hydrogen-bond donors (Lipinski definition) is 3. The molecular formula is C28H59NO4P+. The van der Waals surface area contributed by atoms with Gasteiger partial charge in [-0.3, -0.25) is 4.57 Å². The van der Waals surface area contributed by atoms with Crippen molar-refractivity contribution in [3.8, 4) is 0 Å². The average Bonchev–Trinajstić information content (AvgIpc) is 2.73. The number of unbranched alkanes of at least 4 members (excludes halogenated alkanes) is 17. The second kappa shape index (κ2) is 19.9. The zero-order valence-electron chi connectivity index (χ0n) is 23.1. The van der Waals surface area contributed by atoms with Gasteiger partial charge in [0.25, 0.3) is 0 Å². The van der Waals surface area contributed by atoms with Gasteiger partial charge in [0.05, 0.1) is 21.1 Å². The molecule has 0 aliphatic heterocycles. The maximum Gasteiger partial charge on any atom is 0.362 e. The highest BCUT2D eigenvalue weighted by atomic mass is 31.2. The molecule has 0 radical (unpaired) electrons. The van der Waals surface area contributed by atoms with Crippen molar-refractivity contribution < 1.29 is 23.9 Å². The monoisotopic (exact) mass is 504 g/mol. The highest BCUT2D eigenvalue weighted by molar-refractivity contribution is 7.53. The number of rotatable bonds is 24. The van der Waals surface area contributed by atoms with Gasteiger partial charge in [-0.2, -0.15) is 0 Å². The quantitative estimate of drug-likeness (QED) is 0.0539. The molecule has 6 heteroatoms. The number of allylic oxidation sites excluding steroid dienone is 2. The van der Waals surface area contributed by atoms with Gasteiger partial charge in [0.2, 0.25) is 5.34 Å². The van der Waals surface area contributed by atoms with Crippen molar-refractivity contribution >= 4 is 7.60 Å². The first-order valence-corrected chi connectivity index (χ1v) is 15.9. The van der Waals surface area contributed by atoms with E-state index in [4.69, 9.17) is 0 Å². The van der Waals surface area contributed by atoms with E-state index in [0.29, 0.717) is 10.9 Å². The lowest BCUT2D eigenvalue weighted by Crippen LogP contribution is -2.49. The highest BCUT2D eigenvalue weighted by Gasteiger charge is 2.48. The largest absolute Gasteiger partial charge is 0.373 e. The van der Waals surface area contributed by atoms with Crippen LogP contribution in [0.4, 0.5) is 0 Å². The molecule has 1 atom stereocenters. The molecule has 0 saturated carbocycles. The van der Waals surface area contributed by atoms with Crippen LogP contribution in [0.15, 0.2) is 12.2 Å². The first-order chi connectivity index (χ1) is 16.0. The van der Waals surface area contributed by atoms with Crippen molar-refractivity contribution in [1.82, 2.24) is 0 Å². The van der Waals surface area contributed by atoms with Crippen molar-refractivity contribution in [2.75, 3.05) is 27.7 Å². The Morgan fingerprint density at radius 1 is 0.647 bits per heavy atom. The van der Waals surface area contributed by atoms with Crippen LogP contribution >= 0.6 is 7.60 Å². The molecule has 5 nitrogen and oxygen atoms in total. The van der Waals surface area contributed by atoms with E-state index in [2.05, 4.69) is 19.1 Å². The van der Waals surface area contributed by atoms with E-state index < -0.39 is 12.9 Å². The predicted molar refractivity (Wildman–Crippen MR) is 147 cm³/mol. The van der Waals surface area contributed by atoms with Gasteiger partial charge in [0.1, 0.15) is 6.54 Å². The van der Waals surface area contributed by atoms with Gasteiger partial charge in [-0.1, -0.05) is 109 Å². The summed E-state index contributed by atoms with van der Waals surface area (Å²) in [6, 6.07) is 0. The molecule has 34 heavy (non-hydrogen) atoms. The number of aliphatic hydroxyl groups is 1. The maximum atomic E-state index is 11.8. The first kappa shape index (κ1) is 33.8. The number of likely N-dealkylation sites (N-methyl/N-ethyl adjacent to an activating group) is 1. The summed E-state index contributed by atoms with van der Waals surface area (Å²) in [5.41, 5.74) is 0. The molecule has 0 heterocycles. The summed E-state index contributed by atoms with van der Waals surface area (Å²) in [7, 11) is 0.982. The molecule has 0 saturated heterocycles. The minimum Gasteiger partial charge on any atom is -0.373 e. The van der Waals surface area contributed by atoms with Gasteiger partial charge in [0.15, 0.2) is 0 Å². The van der Waals surface area contributed by atoms with Crippen LogP contribution < -0.4 is 0 Å². The van der Waals surface area contributed by atoms with Gasteiger partial charge in [-0.15, -0.1) is 0 Å². The molecule has 0 rings (SSSR count). The lowest BCUT2D eigenvalue weighted by atomic mass is 10.0. The average molecular weight is 505 g/mol. The lowest BCUT2D eigenvalue weighted by molar-refractivity contribution is -0.875. The Morgan fingerprint density at radius 3 is 1.35 bits per heavy atom. The minimum atomic E-state index is -4.55. The van der Waals surface area contributed by atoms with E-state index in [-0.39, 0.29) is 13.0 Å². The third-order valence-electron chi connectivity index (χ3n) is 6.61. The van der Waals surface area contributed by atoms with E-state index in [0.717, 1.165) is 12.8 Å². The van der Waals surface area contributed by atoms with Gasteiger partial charge in [-0.05, 0) is 38.5 Å². The fourth-order valence-corrected chi connectivity index (χ4v) is 5.67. The van der Waals surface area contributed by atoms with E-state index in [1.54, 1.807) is 0 Å². The molecule has 0 aliphatic rings. The van der Waals surface area contributed by atoms with Crippen molar-refractivity contribution in [3.63, 3.8) is 0 Å². The summed E-state index contributed by atoms with van der Waals surface area (Å²) >= 11 is 0. The maximum absolute atomic E-state index is 11.8. The van der Waals surface area contributed by atoms with Crippen LogP contribution in [0.1, 0.15) is 135 Å². The minimum absolute atomic E-state index is 0.0612. The SMILES string of the molecule is CCCCCCCCCC/C=C\CCCCCCCCCCCC(O)(C[N+](C)(C)C)P(=O)(O)O. The Hall–Kier alpha value is -0.190. The molecule has 3 N–H and O–H groups in total. The second-order valence-corrected chi connectivity index (χ2v) is 13.4. The molecule has 0 spiro atoms. The van der Waals surface area contributed by atoms with Crippen molar-refractivity contribution in [2.45, 2.75) is 141 Å². The fraction of sp³-hybridized carbons (Fsp3) is 0.929. The number of quaternary nitrogens is 1. The molecule has 204 valence electrons. The molecule has 0 aromatic carbocycles. The Morgan fingerprint density at radius 2 is 1.00 bits per heavy atom. The van der Waals surface area contributed by atoms with Gasteiger partial charge in [0, 0.05) is 0 Å². The van der Waals surface area contributed by atoms with Crippen LogP contribution in [0.5, 0.6) is 0 Å². The third-order valence-corrected chi connectivity index (χ3v) is 8.06. The molecule has 0 aromatic rings. The highest BCUT2D eigenvalue weighted by Crippen LogP contribution is 2.52. The van der Waals surface area contributed by atoms with Crippen LogP contribution in [-0.4, -0.2) is 52.4 Å². The fourth-order valence-electron chi connectivity index (χ4n) is 4.62. The normalized spacial score (nSPS) is 14.7. The van der Waals surface area contributed by atoms with E-state index in [1.165, 1.54) is 103 Å². The van der Waals surface area contributed by atoms with E-state index in [1.807, 2.05) is 21.1 Å². The molecule has 0 aromatic heterocycles. The standard InChI is InChI=1S/C28H58NO4P/c1-5-6-7-8-9-10-11-12-13-14-15-16-17-18-19-20-21-22-23-24-25-26-28(30,34(31,32)33)27-29(2,3)4/h14-15,30H,5-13,16-27H2,1-4H3,(H-,31,32,33)/p+1/b15-14-. The summed E-state index contributed by atoms with van der Waals surface area (Å²) in [4.78, 5) is 19.2. The Balaban J connectivity index is 3.54. The van der Waals surface area contributed by atoms with E-state index in [9.17, 15) is 19.5 Å². The zero-order chi connectivity index (χ0) is 25.8. The third kappa shape index (κ3) is 20.0. The molecular weight excluding hydrogens is 445 g/mol. The van der Waals surface area contributed by atoms with E-state index >= 15 is 0 Å². The van der Waals surface area contributed by atoms with Gasteiger partial charge < -0.3 is 19.4 Å². The molecule has 0 fully saturated rings. The molecule has 0 aliphatic carbocycles. The predicted octanol–water partition coefficient (Wildman–Crippen LogP) is 7.94. The number of hydrogen-bond acceptors (Lipinski definition) is 2. The van der Waals surface area contributed by atoms with Crippen molar-refractivity contribution in [1.29, 1.82) is 0 Å². The smallest absolute Gasteiger partial charge is 0.362 e. The Bertz CT molecular complexity index is 541. The summed E-state index contributed by atoms with van der Waals surface area (Å²) in [5.74, 6) is 0. The van der Waals surface area contributed by atoms with Crippen molar-refractivity contribution in [2.24, 2.45) is 0 Å². The Labute approximate surface area is 212 Å². The summed E-state index contributed by atoms with van der Waals surface area (Å²) in [5, 5.41) is 8.65. The summed E-state index contributed by atoms with van der Waals surface area (Å²) < 4.78 is 12.1. The summed E-state index contributed by atoms with van der Waals surface area (Å²) in [6.45, 7) is 2.33. The van der Waals surface area contributed by atoms with Crippen LogP contribution in [0.3, 0.4) is 0 Å². The lowest BCUT2D eigenvalue weighted by Gasteiger charge is -2.35. The molecule has 1 unspecified atom stereocenters. The van der Waals surface area contributed by atoms with Crippen LogP contribution in [-0.2, 0) is 4.57 Å². The second-order valence-electron chi connectivity index (χ2n) is 11.4. The number of nitrogens with zero attached hydrogens (tertiary/aromatic N) is 1. The van der Waals surface area contributed by atoms with Crippen LogP contribution in [0.25, 0.3) is 0 Å². The van der Waals surface area contributed by atoms with Crippen LogP contribution in [0, 0.1) is 0 Å². The molecule has 0 amide bonds.